The first-order valence-corrected chi connectivity index (χ1v) is 7.08. The number of carbonyl (C=O) groups is 1. The number of nitrogens with two attached hydrogens (primary N) is 1. The van der Waals surface area contributed by atoms with Gasteiger partial charge in [-0.25, -0.2) is 0 Å². The van der Waals surface area contributed by atoms with Gasteiger partial charge >= 0.3 is 5.97 Å². The fourth-order valence-corrected chi connectivity index (χ4v) is 2.67. The molecule has 2 N–H and O–H groups in total. The van der Waals surface area contributed by atoms with Crippen molar-refractivity contribution >= 4 is 33.7 Å². The summed E-state index contributed by atoms with van der Waals surface area (Å²) in [5.41, 5.74) is 4.97. The minimum absolute atomic E-state index is 0.354. The average Bonchev–Trinajstić information content (AvgIpc) is 2.27. The van der Waals surface area contributed by atoms with Gasteiger partial charge in [0, 0.05) is 15.1 Å². The first-order valence-electron chi connectivity index (χ1n) is 5.30. The molecule has 0 amide bonds. The number of hydrogen-bond donors (Lipinski definition) is 1. The van der Waals surface area contributed by atoms with Crippen molar-refractivity contribution in [3.05, 3.63) is 28.7 Å². The maximum Gasteiger partial charge on any atom is 0.326 e. The Bertz CT molecular complexity index is 396. The van der Waals surface area contributed by atoms with Gasteiger partial charge in [-0.1, -0.05) is 22.0 Å². The van der Waals surface area contributed by atoms with E-state index >= 15 is 0 Å². The molecule has 1 aromatic rings. The molecule has 5 heteroatoms. The van der Waals surface area contributed by atoms with Gasteiger partial charge in [0.2, 0.25) is 0 Å². The number of esters is 1. The molecule has 1 aromatic carbocycles. The molecule has 17 heavy (non-hydrogen) atoms. The van der Waals surface area contributed by atoms with Crippen LogP contribution in [0.4, 0.5) is 0 Å². The Morgan fingerprint density at radius 3 is 2.88 bits per heavy atom. The van der Waals surface area contributed by atoms with Gasteiger partial charge in [0.05, 0.1) is 6.61 Å². The highest BCUT2D eigenvalue weighted by atomic mass is 79.9. The van der Waals surface area contributed by atoms with Gasteiger partial charge in [-0.3, -0.25) is 4.79 Å². The number of halogens is 1. The van der Waals surface area contributed by atoms with Gasteiger partial charge in [0.25, 0.3) is 0 Å². The molecule has 3 nitrogen and oxygen atoms in total. The number of benzene rings is 1. The fraction of sp³-hybridized carbons (Fsp3) is 0.417. The Morgan fingerprint density at radius 1 is 1.59 bits per heavy atom. The Balaban J connectivity index is 2.57. The van der Waals surface area contributed by atoms with E-state index in [2.05, 4.69) is 15.9 Å². The van der Waals surface area contributed by atoms with E-state index in [0.29, 0.717) is 12.4 Å². The van der Waals surface area contributed by atoms with Crippen LogP contribution in [0, 0.1) is 0 Å². The summed E-state index contributed by atoms with van der Waals surface area (Å²) >= 11 is 4.94. The standard InChI is InChI=1S/C12H16BrNO2S/c1-3-16-11(15)12(2,14)8-17-10-6-4-5-9(13)7-10/h4-7H,3,8,14H2,1-2H3. The van der Waals surface area contributed by atoms with Crippen LogP contribution >= 0.6 is 27.7 Å². The summed E-state index contributed by atoms with van der Waals surface area (Å²) in [6.45, 7) is 3.82. The molecule has 1 rings (SSSR count). The topological polar surface area (TPSA) is 52.3 Å². The minimum atomic E-state index is -0.955. The molecule has 0 radical (unpaired) electrons. The van der Waals surface area contributed by atoms with Gasteiger partial charge in [0.15, 0.2) is 0 Å². The van der Waals surface area contributed by atoms with E-state index in [1.54, 1.807) is 13.8 Å². The van der Waals surface area contributed by atoms with E-state index < -0.39 is 5.54 Å². The summed E-state index contributed by atoms with van der Waals surface area (Å²) in [5.74, 6) is 0.130. The monoisotopic (exact) mass is 317 g/mol. The maximum absolute atomic E-state index is 11.6. The lowest BCUT2D eigenvalue weighted by Gasteiger charge is -2.21. The van der Waals surface area contributed by atoms with Crippen molar-refractivity contribution in [1.29, 1.82) is 0 Å². The van der Waals surface area contributed by atoms with Crippen molar-refractivity contribution in [1.82, 2.24) is 0 Å². The summed E-state index contributed by atoms with van der Waals surface area (Å²) in [6.07, 6.45) is 0. The molecular formula is C12H16BrNO2S. The summed E-state index contributed by atoms with van der Waals surface area (Å²) in [5, 5.41) is 0. The van der Waals surface area contributed by atoms with Gasteiger partial charge in [0.1, 0.15) is 5.54 Å². The second-order valence-corrected chi connectivity index (χ2v) is 5.85. The second-order valence-electron chi connectivity index (χ2n) is 3.88. The predicted octanol–water partition coefficient (Wildman–Crippen LogP) is 2.82. The van der Waals surface area contributed by atoms with Crippen LogP contribution < -0.4 is 5.73 Å². The molecule has 0 heterocycles. The Kier molecular flexibility index (Phi) is 5.49. The molecular weight excluding hydrogens is 302 g/mol. The first-order chi connectivity index (χ1) is 7.95. The zero-order chi connectivity index (χ0) is 12.9. The third-order valence-electron chi connectivity index (χ3n) is 2.08. The molecule has 0 bridgehead atoms. The molecule has 0 saturated carbocycles. The molecule has 94 valence electrons. The zero-order valence-electron chi connectivity index (χ0n) is 9.90. The zero-order valence-corrected chi connectivity index (χ0v) is 12.3. The quantitative estimate of drug-likeness (QED) is 0.670. The molecule has 0 aromatic heterocycles. The van der Waals surface area contributed by atoms with E-state index in [-0.39, 0.29) is 5.97 Å². The van der Waals surface area contributed by atoms with Gasteiger partial charge < -0.3 is 10.5 Å². The van der Waals surface area contributed by atoms with Crippen LogP contribution in [0.2, 0.25) is 0 Å². The van der Waals surface area contributed by atoms with Crippen molar-refractivity contribution in [2.75, 3.05) is 12.4 Å². The van der Waals surface area contributed by atoms with E-state index in [4.69, 9.17) is 10.5 Å². The van der Waals surface area contributed by atoms with Crippen molar-refractivity contribution in [2.24, 2.45) is 5.73 Å². The van der Waals surface area contributed by atoms with E-state index in [1.807, 2.05) is 24.3 Å². The van der Waals surface area contributed by atoms with Crippen LogP contribution in [0.5, 0.6) is 0 Å². The van der Waals surface area contributed by atoms with Crippen molar-refractivity contribution in [3.8, 4) is 0 Å². The molecule has 0 aliphatic carbocycles. The fourth-order valence-electron chi connectivity index (χ4n) is 1.14. The summed E-state index contributed by atoms with van der Waals surface area (Å²) in [7, 11) is 0. The summed E-state index contributed by atoms with van der Waals surface area (Å²) in [6, 6.07) is 7.88. The number of thioether (sulfide) groups is 1. The Labute approximate surface area is 114 Å². The third-order valence-corrected chi connectivity index (χ3v) is 3.90. The SMILES string of the molecule is CCOC(=O)C(C)(N)CSc1cccc(Br)c1. The van der Waals surface area contributed by atoms with Crippen LogP contribution in [0.15, 0.2) is 33.6 Å². The highest BCUT2D eigenvalue weighted by molar-refractivity contribution is 9.10. The normalized spacial score (nSPS) is 14.1. The number of ether oxygens (including phenoxy) is 1. The lowest BCUT2D eigenvalue weighted by Crippen LogP contribution is -2.48. The molecule has 0 fully saturated rings. The molecule has 1 unspecified atom stereocenters. The number of hydrogen-bond acceptors (Lipinski definition) is 4. The van der Waals surface area contributed by atoms with E-state index in [1.165, 1.54) is 11.8 Å². The lowest BCUT2D eigenvalue weighted by atomic mass is 10.1. The Hall–Kier alpha value is -0.520. The molecule has 0 aliphatic rings. The first kappa shape index (κ1) is 14.5. The maximum atomic E-state index is 11.6. The molecule has 0 spiro atoms. The van der Waals surface area contributed by atoms with Gasteiger partial charge in [-0.15, -0.1) is 11.8 Å². The smallest absolute Gasteiger partial charge is 0.326 e. The number of rotatable bonds is 5. The van der Waals surface area contributed by atoms with E-state index in [9.17, 15) is 4.79 Å². The van der Waals surface area contributed by atoms with E-state index in [0.717, 1.165) is 9.37 Å². The highest BCUT2D eigenvalue weighted by Crippen LogP contribution is 2.24. The third kappa shape index (κ3) is 4.69. The summed E-state index contributed by atoms with van der Waals surface area (Å²) in [4.78, 5) is 12.7. The lowest BCUT2D eigenvalue weighted by molar-refractivity contribution is -0.148. The van der Waals surface area contributed by atoms with Crippen LogP contribution in [0.25, 0.3) is 0 Å². The molecule has 1 atom stereocenters. The van der Waals surface area contributed by atoms with Crippen LogP contribution in [0.3, 0.4) is 0 Å². The second kappa shape index (κ2) is 6.42. The molecule has 0 saturated heterocycles. The highest BCUT2D eigenvalue weighted by Gasteiger charge is 2.29. The molecule has 0 aliphatic heterocycles. The minimum Gasteiger partial charge on any atom is -0.465 e. The largest absolute Gasteiger partial charge is 0.465 e. The van der Waals surface area contributed by atoms with Gasteiger partial charge in [-0.2, -0.15) is 0 Å². The van der Waals surface area contributed by atoms with Crippen molar-refractivity contribution in [3.63, 3.8) is 0 Å². The number of carbonyl (C=O) groups excluding carboxylic acids is 1. The van der Waals surface area contributed by atoms with Crippen molar-refractivity contribution < 1.29 is 9.53 Å². The summed E-state index contributed by atoms with van der Waals surface area (Å²) < 4.78 is 5.94. The average molecular weight is 318 g/mol. The predicted molar refractivity (Wildman–Crippen MR) is 74.1 cm³/mol. The Morgan fingerprint density at radius 2 is 2.29 bits per heavy atom. The van der Waals surface area contributed by atoms with Crippen LogP contribution in [0.1, 0.15) is 13.8 Å². The van der Waals surface area contributed by atoms with Crippen LogP contribution in [-0.2, 0) is 9.53 Å². The van der Waals surface area contributed by atoms with Crippen LogP contribution in [-0.4, -0.2) is 23.9 Å². The van der Waals surface area contributed by atoms with Gasteiger partial charge in [-0.05, 0) is 32.0 Å². The van der Waals surface area contributed by atoms with Crippen molar-refractivity contribution in [2.45, 2.75) is 24.3 Å².